The monoisotopic (exact) mass is 316 g/mol. The van der Waals surface area contributed by atoms with E-state index in [1.807, 2.05) is 30.3 Å². The van der Waals surface area contributed by atoms with Gasteiger partial charge in [0.15, 0.2) is 0 Å². The van der Waals surface area contributed by atoms with E-state index in [1.165, 1.54) is 0 Å². The quantitative estimate of drug-likeness (QED) is 0.837. The molecule has 5 heteroatoms. The van der Waals surface area contributed by atoms with Gasteiger partial charge in [0.05, 0.1) is 6.61 Å². The summed E-state index contributed by atoms with van der Waals surface area (Å²) in [6, 6.07) is 9.36. The second kappa shape index (κ2) is 6.60. The van der Waals surface area contributed by atoms with Crippen molar-refractivity contribution in [2.75, 3.05) is 19.7 Å². The van der Waals surface area contributed by atoms with Crippen LogP contribution in [0.2, 0.25) is 0 Å². The SMILES string of the molecule is C[C@@H](C(=O)NCC1(COc2ccccc2)CC1)N1CCCC1=O. The second-order valence-electron chi connectivity index (χ2n) is 6.69. The van der Waals surface area contributed by atoms with Crippen molar-refractivity contribution in [3.63, 3.8) is 0 Å². The molecule has 1 aliphatic heterocycles. The molecule has 0 aromatic heterocycles. The molecular formula is C18H24N2O3. The molecule has 1 saturated carbocycles. The average Bonchev–Trinajstić information content (AvgIpc) is 3.23. The minimum absolute atomic E-state index is 0.0558. The Morgan fingerprint density at radius 2 is 2.09 bits per heavy atom. The lowest BCUT2D eigenvalue weighted by Crippen LogP contribution is -2.47. The lowest BCUT2D eigenvalue weighted by atomic mass is 10.1. The zero-order chi connectivity index (χ0) is 16.3. The Labute approximate surface area is 137 Å². The standard InChI is InChI=1S/C18H24N2O3/c1-14(20-11-5-8-16(20)21)17(22)19-12-18(9-10-18)13-23-15-6-3-2-4-7-15/h2-4,6-7,14H,5,8-13H2,1H3,(H,19,22)/t14-/m0/s1. The van der Waals surface area contributed by atoms with E-state index in [4.69, 9.17) is 4.74 Å². The van der Waals surface area contributed by atoms with E-state index in [0.29, 0.717) is 26.1 Å². The van der Waals surface area contributed by atoms with E-state index in [0.717, 1.165) is 25.0 Å². The maximum absolute atomic E-state index is 12.3. The van der Waals surface area contributed by atoms with Crippen LogP contribution in [-0.4, -0.2) is 42.5 Å². The van der Waals surface area contributed by atoms with Gasteiger partial charge in [-0.2, -0.15) is 0 Å². The van der Waals surface area contributed by atoms with Gasteiger partial charge < -0.3 is 15.0 Å². The zero-order valence-corrected chi connectivity index (χ0v) is 13.6. The summed E-state index contributed by atoms with van der Waals surface area (Å²) in [5.41, 5.74) is 0.0558. The van der Waals surface area contributed by atoms with Gasteiger partial charge in [0.2, 0.25) is 11.8 Å². The molecule has 2 amide bonds. The van der Waals surface area contributed by atoms with E-state index in [-0.39, 0.29) is 23.3 Å². The Hall–Kier alpha value is -2.04. The maximum atomic E-state index is 12.3. The van der Waals surface area contributed by atoms with Crippen LogP contribution < -0.4 is 10.1 Å². The van der Waals surface area contributed by atoms with Crippen molar-refractivity contribution in [2.45, 2.75) is 38.6 Å². The third-order valence-corrected chi connectivity index (χ3v) is 4.84. The molecule has 1 saturated heterocycles. The molecule has 1 atom stereocenters. The van der Waals surface area contributed by atoms with Crippen LogP contribution in [0.3, 0.4) is 0 Å². The number of carbonyl (C=O) groups is 2. The molecule has 1 heterocycles. The molecule has 0 unspecified atom stereocenters. The van der Waals surface area contributed by atoms with Crippen LogP contribution >= 0.6 is 0 Å². The lowest BCUT2D eigenvalue weighted by molar-refractivity contribution is -0.136. The Morgan fingerprint density at radius 3 is 2.70 bits per heavy atom. The summed E-state index contributed by atoms with van der Waals surface area (Å²) in [5.74, 6) is 0.883. The number of hydrogen-bond acceptors (Lipinski definition) is 3. The van der Waals surface area contributed by atoms with Crippen molar-refractivity contribution in [3.8, 4) is 5.75 Å². The lowest BCUT2D eigenvalue weighted by Gasteiger charge is -2.24. The average molecular weight is 316 g/mol. The zero-order valence-electron chi connectivity index (χ0n) is 13.6. The first-order valence-electron chi connectivity index (χ1n) is 8.35. The van der Waals surface area contributed by atoms with Crippen LogP contribution in [0.25, 0.3) is 0 Å². The summed E-state index contributed by atoms with van der Waals surface area (Å²) in [6.07, 6.45) is 3.55. The maximum Gasteiger partial charge on any atom is 0.242 e. The number of rotatable bonds is 7. The molecule has 1 N–H and O–H groups in total. The fourth-order valence-electron chi connectivity index (χ4n) is 2.94. The second-order valence-corrected chi connectivity index (χ2v) is 6.69. The Bertz CT molecular complexity index is 569. The first-order chi connectivity index (χ1) is 11.1. The molecule has 0 radical (unpaired) electrons. The van der Waals surface area contributed by atoms with Crippen molar-refractivity contribution in [3.05, 3.63) is 30.3 Å². The number of nitrogens with zero attached hydrogens (tertiary/aromatic N) is 1. The molecule has 2 fully saturated rings. The van der Waals surface area contributed by atoms with E-state index >= 15 is 0 Å². The van der Waals surface area contributed by atoms with Gasteiger partial charge >= 0.3 is 0 Å². The van der Waals surface area contributed by atoms with Crippen molar-refractivity contribution in [1.29, 1.82) is 0 Å². The highest BCUT2D eigenvalue weighted by Crippen LogP contribution is 2.45. The summed E-state index contributed by atoms with van der Waals surface area (Å²) in [6.45, 7) is 3.73. The fourth-order valence-corrected chi connectivity index (χ4v) is 2.94. The van der Waals surface area contributed by atoms with Crippen molar-refractivity contribution in [1.82, 2.24) is 10.2 Å². The summed E-state index contributed by atoms with van der Waals surface area (Å²) >= 11 is 0. The molecule has 124 valence electrons. The molecular weight excluding hydrogens is 292 g/mol. The van der Waals surface area contributed by atoms with Crippen LogP contribution in [0.1, 0.15) is 32.6 Å². The number of likely N-dealkylation sites (tertiary alicyclic amines) is 1. The number of carbonyl (C=O) groups excluding carboxylic acids is 2. The van der Waals surface area contributed by atoms with Gasteiger partial charge in [-0.15, -0.1) is 0 Å². The molecule has 3 rings (SSSR count). The topological polar surface area (TPSA) is 58.6 Å². The summed E-state index contributed by atoms with van der Waals surface area (Å²) < 4.78 is 5.83. The predicted octanol–water partition coefficient (Wildman–Crippen LogP) is 1.97. The minimum Gasteiger partial charge on any atom is -0.493 e. The van der Waals surface area contributed by atoms with Gasteiger partial charge in [0.25, 0.3) is 0 Å². The summed E-state index contributed by atoms with van der Waals surface area (Å²) in [4.78, 5) is 25.7. The van der Waals surface area contributed by atoms with Crippen molar-refractivity contribution < 1.29 is 14.3 Å². The third-order valence-electron chi connectivity index (χ3n) is 4.84. The smallest absolute Gasteiger partial charge is 0.242 e. The van der Waals surface area contributed by atoms with E-state index in [2.05, 4.69) is 5.32 Å². The summed E-state index contributed by atoms with van der Waals surface area (Å²) in [7, 11) is 0. The Balaban J connectivity index is 1.45. The van der Waals surface area contributed by atoms with Crippen LogP contribution in [0.5, 0.6) is 5.75 Å². The van der Waals surface area contributed by atoms with Crippen molar-refractivity contribution in [2.24, 2.45) is 5.41 Å². The van der Waals surface area contributed by atoms with Gasteiger partial charge in [0.1, 0.15) is 11.8 Å². The number of benzene rings is 1. The molecule has 1 aromatic carbocycles. The third kappa shape index (κ3) is 3.84. The fraction of sp³-hybridized carbons (Fsp3) is 0.556. The number of para-hydroxylation sites is 1. The van der Waals surface area contributed by atoms with Crippen LogP contribution in [-0.2, 0) is 9.59 Å². The highest BCUT2D eigenvalue weighted by molar-refractivity contribution is 5.88. The molecule has 23 heavy (non-hydrogen) atoms. The van der Waals surface area contributed by atoms with Gasteiger partial charge in [-0.05, 0) is 38.3 Å². The molecule has 2 aliphatic rings. The van der Waals surface area contributed by atoms with E-state index in [1.54, 1.807) is 11.8 Å². The minimum atomic E-state index is -0.379. The normalized spacial score (nSPS) is 20.2. The first kappa shape index (κ1) is 15.8. The molecule has 1 aromatic rings. The van der Waals surface area contributed by atoms with Gasteiger partial charge in [-0.3, -0.25) is 9.59 Å². The van der Waals surface area contributed by atoms with Crippen LogP contribution in [0.4, 0.5) is 0 Å². The molecule has 0 bridgehead atoms. The number of ether oxygens (including phenoxy) is 1. The number of hydrogen-bond donors (Lipinski definition) is 1. The van der Waals surface area contributed by atoms with Crippen LogP contribution in [0.15, 0.2) is 30.3 Å². The number of amides is 2. The highest BCUT2D eigenvalue weighted by atomic mass is 16.5. The Kier molecular flexibility index (Phi) is 4.55. The van der Waals surface area contributed by atoms with Gasteiger partial charge in [-0.1, -0.05) is 18.2 Å². The predicted molar refractivity (Wildman–Crippen MR) is 87.0 cm³/mol. The van der Waals surface area contributed by atoms with E-state index in [9.17, 15) is 9.59 Å². The van der Waals surface area contributed by atoms with Crippen LogP contribution in [0, 0.1) is 5.41 Å². The van der Waals surface area contributed by atoms with Gasteiger partial charge in [0, 0.05) is 24.9 Å². The largest absolute Gasteiger partial charge is 0.493 e. The highest BCUT2D eigenvalue weighted by Gasteiger charge is 2.44. The first-order valence-corrected chi connectivity index (χ1v) is 8.35. The van der Waals surface area contributed by atoms with Crippen molar-refractivity contribution >= 4 is 11.8 Å². The summed E-state index contributed by atoms with van der Waals surface area (Å²) in [5, 5.41) is 3.01. The van der Waals surface area contributed by atoms with Gasteiger partial charge in [-0.25, -0.2) is 0 Å². The Morgan fingerprint density at radius 1 is 1.35 bits per heavy atom. The number of nitrogens with one attached hydrogen (secondary N) is 1. The molecule has 1 aliphatic carbocycles. The molecule has 0 spiro atoms. The van der Waals surface area contributed by atoms with E-state index < -0.39 is 0 Å². The molecule has 5 nitrogen and oxygen atoms in total.